The van der Waals surface area contributed by atoms with Crippen molar-refractivity contribution in [2.45, 2.75) is 20.0 Å². The van der Waals surface area contributed by atoms with Gasteiger partial charge in [-0.2, -0.15) is 0 Å². The maximum absolute atomic E-state index is 12.2. The van der Waals surface area contributed by atoms with Gasteiger partial charge in [0.2, 0.25) is 0 Å². The molecule has 0 spiro atoms. The second kappa shape index (κ2) is 8.80. The maximum atomic E-state index is 12.2. The molecule has 0 saturated carbocycles. The number of nitrogens with one attached hydrogen (secondary N) is 1. The van der Waals surface area contributed by atoms with Gasteiger partial charge in [-0.1, -0.05) is 23.7 Å². The molecular formula is C21H20ClNO5. The minimum absolute atomic E-state index is 0.444. The zero-order chi connectivity index (χ0) is 20.1. The lowest BCUT2D eigenvalue weighted by Gasteiger charge is -2.18. The Labute approximate surface area is 168 Å². The van der Waals surface area contributed by atoms with E-state index in [2.05, 4.69) is 5.32 Å². The molecule has 7 heteroatoms. The standard InChI is InChI=1S/C21H20ClNO5/c1-13-3-6-16(12-17(13)22)23-21(25)14(2)28-20(24)8-5-15-4-7-18-19(11-15)27-10-9-26-18/h3-8,11-12,14H,9-10H2,1-2H3,(H,23,25)/b8-5+/t14-/m1/s1. The summed E-state index contributed by atoms with van der Waals surface area (Å²) in [7, 11) is 0. The number of fused-ring (bicyclic) bond motifs is 1. The Morgan fingerprint density at radius 3 is 2.64 bits per heavy atom. The van der Waals surface area contributed by atoms with Gasteiger partial charge in [0.25, 0.3) is 5.91 Å². The van der Waals surface area contributed by atoms with Crippen LogP contribution in [0, 0.1) is 6.92 Å². The fraction of sp³-hybridized carbons (Fsp3) is 0.238. The quantitative estimate of drug-likeness (QED) is 0.605. The minimum atomic E-state index is -0.961. The van der Waals surface area contributed by atoms with Crippen LogP contribution in [0.3, 0.4) is 0 Å². The fourth-order valence-corrected chi connectivity index (χ4v) is 2.69. The topological polar surface area (TPSA) is 73.9 Å². The van der Waals surface area contributed by atoms with E-state index in [1.54, 1.807) is 42.5 Å². The van der Waals surface area contributed by atoms with Gasteiger partial charge in [-0.05, 0) is 55.3 Å². The van der Waals surface area contributed by atoms with Crippen molar-refractivity contribution in [2.24, 2.45) is 0 Å². The summed E-state index contributed by atoms with van der Waals surface area (Å²) in [4.78, 5) is 24.2. The van der Waals surface area contributed by atoms with Gasteiger partial charge >= 0.3 is 5.97 Å². The molecule has 1 aliphatic heterocycles. The van der Waals surface area contributed by atoms with Gasteiger partial charge in [-0.25, -0.2) is 4.79 Å². The zero-order valence-corrected chi connectivity index (χ0v) is 16.3. The summed E-state index contributed by atoms with van der Waals surface area (Å²) in [5, 5.41) is 3.21. The summed E-state index contributed by atoms with van der Waals surface area (Å²) in [5.74, 6) is 0.235. The SMILES string of the molecule is Cc1ccc(NC(=O)[C@@H](C)OC(=O)/C=C/c2ccc3c(c2)OCCO3)cc1Cl. The predicted molar refractivity (Wildman–Crippen MR) is 107 cm³/mol. The molecule has 1 atom stereocenters. The summed E-state index contributed by atoms with van der Waals surface area (Å²) in [5.41, 5.74) is 2.20. The molecule has 0 radical (unpaired) electrons. The van der Waals surface area contributed by atoms with E-state index in [1.165, 1.54) is 13.0 Å². The van der Waals surface area contributed by atoms with Crippen molar-refractivity contribution in [3.05, 3.63) is 58.6 Å². The van der Waals surface area contributed by atoms with Gasteiger partial charge in [-0.3, -0.25) is 4.79 Å². The number of carbonyl (C=O) groups is 2. The van der Waals surface area contributed by atoms with E-state index in [4.69, 9.17) is 25.8 Å². The molecule has 0 aliphatic carbocycles. The monoisotopic (exact) mass is 401 g/mol. The van der Waals surface area contributed by atoms with E-state index in [0.717, 1.165) is 11.1 Å². The van der Waals surface area contributed by atoms with E-state index in [9.17, 15) is 9.59 Å². The Morgan fingerprint density at radius 1 is 1.14 bits per heavy atom. The van der Waals surface area contributed by atoms with E-state index < -0.39 is 18.0 Å². The third-order valence-electron chi connectivity index (χ3n) is 4.08. The Kier molecular flexibility index (Phi) is 6.21. The van der Waals surface area contributed by atoms with Crippen LogP contribution in [0.4, 0.5) is 5.69 Å². The average molecular weight is 402 g/mol. The van der Waals surface area contributed by atoms with Crippen LogP contribution in [-0.4, -0.2) is 31.2 Å². The highest BCUT2D eigenvalue weighted by Crippen LogP contribution is 2.31. The van der Waals surface area contributed by atoms with Gasteiger partial charge < -0.3 is 19.5 Å². The van der Waals surface area contributed by atoms with Gasteiger partial charge in [0, 0.05) is 16.8 Å². The molecule has 1 amide bonds. The zero-order valence-electron chi connectivity index (χ0n) is 15.5. The van der Waals surface area contributed by atoms with Crippen LogP contribution < -0.4 is 14.8 Å². The first-order valence-electron chi connectivity index (χ1n) is 8.78. The highest BCUT2D eigenvalue weighted by Gasteiger charge is 2.17. The number of aryl methyl sites for hydroxylation is 1. The van der Waals surface area contributed by atoms with Crippen LogP contribution in [-0.2, 0) is 14.3 Å². The molecule has 2 aromatic rings. The van der Waals surface area contributed by atoms with Crippen molar-refractivity contribution in [1.29, 1.82) is 0 Å². The average Bonchev–Trinajstić information content (AvgIpc) is 2.69. The number of benzene rings is 2. The molecule has 3 rings (SSSR count). The lowest BCUT2D eigenvalue weighted by atomic mass is 10.2. The maximum Gasteiger partial charge on any atom is 0.331 e. The molecule has 0 bridgehead atoms. The van der Waals surface area contributed by atoms with Crippen molar-refractivity contribution >= 4 is 35.2 Å². The van der Waals surface area contributed by atoms with Gasteiger partial charge in [0.1, 0.15) is 13.2 Å². The number of ether oxygens (including phenoxy) is 3. The minimum Gasteiger partial charge on any atom is -0.486 e. The first-order valence-corrected chi connectivity index (χ1v) is 9.15. The third kappa shape index (κ3) is 5.04. The van der Waals surface area contributed by atoms with Gasteiger partial charge in [0.15, 0.2) is 17.6 Å². The van der Waals surface area contributed by atoms with E-state index >= 15 is 0 Å². The second-order valence-corrected chi connectivity index (χ2v) is 6.68. The van der Waals surface area contributed by atoms with Gasteiger partial charge in [0.05, 0.1) is 0 Å². The molecule has 1 N–H and O–H groups in total. The summed E-state index contributed by atoms with van der Waals surface area (Å²) in [6.07, 6.45) is 1.89. The molecule has 146 valence electrons. The lowest BCUT2D eigenvalue weighted by molar-refractivity contribution is -0.148. The summed E-state index contributed by atoms with van der Waals surface area (Å²) >= 11 is 6.04. The van der Waals surface area contributed by atoms with Crippen LogP contribution >= 0.6 is 11.6 Å². The fourth-order valence-electron chi connectivity index (χ4n) is 2.51. The molecule has 0 saturated heterocycles. The Hall–Kier alpha value is -2.99. The Morgan fingerprint density at radius 2 is 1.89 bits per heavy atom. The smallest absolute Gasteiger partial charge is 0.331 e. The highest BCUT2D eigenvalue weighted by molar-refractivity contribution is 6.31. The molecule has 1 heterocycles. The van der Waals surface area contributed by atoms with Crippen LogP contribution in [0.25, 0.3) is 6.08 Å². The Bertz CT molecular complexity index is 925. The predicted octanol–water partition coefficient (Wildman–Crippen LogP) is 4.00. The van der Waals surface area contributed by atoms with Crippen molar-refractivity contribution in [2.75, 3.05) is 18.5 Å². The van der Waals surface area contributed by atoms with E-state index in [1.807, 2.05) is 6.92 Å². The van der Waals surface area contributed by atoms with Gasteiger partial charge in [-0.15, -0.1) is 0 Å². The molecule has 0 fully saturated rings. The van der Waals surface area contributed by atoms with Crippen molar-refractivity contribution in [3.8, 4) is 11.5 Å². The molecule has 6 nitrogen and oxygen atoms in total. The number of halogens is 1. The number of hydrogen-bond donors (Lipinski definition) is 1. The summed E-state index contributed by atoms with van der Waals surface area (Å²) < 4.78 is 16.1. The third-order valence-corrected chi connectivity index (χ3v) is 4.49. The Balaban J connectivity index is 1.55. The molecule has 28 heavy (non-hydrogen) atoms. The lowest BCUT2D eigenvalue weighted by Crippen LogP contribution is -2.29. The molecule has 0 aromatic heterocycles. The largest absolute Gasteiger partial charge is 0.486 e. The number of hydrogen-bond acceptors (Lipinski definition) is 5. The molecule has 1 aliphatic rings. The summed E-state index contributed by atoms with van der Waals surface area (Å²) in [6, 6.07) is 10.5. The van der Waals surface area contributed by atoms with Crippen LogP contribution in [0.5, 0.6) is 11.5 Å². The number of rotatable bonds is 5. The molecule has 0 unspecified atom stereocenters. The van der Waals surface area contributed by atoms with Crippen molar-refractivity contribution in [3.63, 3.8) is 0 Å². The van der Waals surface area contributed by atoms with Crippen LogP contribution in [0.2, 0.25) is 5.02 Å². The van der Waals surface area contributed by atoms with E-state index in [0.29, 0.717) is 35.4 Å². The van der Waals surface area contributed by atoms with Crippen LogP contribution in [0.1, 0.15) is 18.1 Å². The number of anilines is 1. The van der Waals surface area contributed by atoms with Crippen molar-refractivity contribution in [1.82, 2.24) is 0 Å². The summed E-state index contributed by atoms with van der Waals surface area (Å²) in [6.45, 7) is 4.37. The van der Waals surface area contributed by atoms with Crippen LogP contribution in [0.15, 0.2) is 42.5 Å². The number of amides is 1. The first-order chi connectivity index (χ1) is 13.4. The van der Waals surface area contributed by atoms with Crippen molar-refractivity contribution < 1.29 is 23.8 Å². The molecular weight excluding hydrogens is 382 g/mol. The second-order valence-electron chi connectivity index (χ2n) is 6.27. The highest BCUT2D eigenvalue weighted by atomic mass is 35.5. The number of esters is 1. The van der Waals surface area contributed by atoms with E-state index in [-0.39, 0.29) is 0 Å². The molecule has 2 aromatic carbocycles. The normalized spacial score (nSPS) is 13.8. The number of carbonyl (C=O) groups excluding carboxylic acids is 2. The first kappa shape index (κ1) is 19.8.